The number of carbonyl (C=O) groups excluding carboxylic acids is 4. The number of aliphatic hydroxyl groups excluding tert-OH is 8. The van der Waals surface area contributed by atoms with Crippen molar-refractivity contribution in [3.63, 3.8) is 0 Å². The lowest BCUT2D eigenvalue weighted by molar-refractivity contribution is -0.125. The van der Waals surface area contributed by atoms with Gasteiger partial charge >= 0.3 is 0 Å². The van der Waals surface area contributed by atoms with Crippen LogP contribution >= 0.6 is 33.8 Å². The van der Waals surface area contributed by atoms with E-state index in [1.165, 1.54) is 0 Å². The van der Waals surface area contributed by atoms with Crippen LogP contribution in [-0.4, -0.2) is 291 Å². The van der Waals surface area contributed by atoms with Crippen LogP contribution in [0, 0.1) is 71.0 Å². The molecule has 0 amide bonds. The SMILES string of the molecule is C=C[C@@H]1/C(=C\C2OCCO2)C(=O)C[C@H]1O.C=C[C@@H]1/C(=C\C2OCCO2)C(=O)C[C@H]1P=O.C=C[C@@H]1/C(=C\C2OCCO2)[C@@H](O)C[C@H]1O.C=C[C@@H]1/C(=C\C2OCCO2)[C@@H](O)C[C@H]1P=O.C=C[C@@H]1[C@@H](CC2OCCO2)[C@@H](O)C[C@H]1O.C=C[C@@H]1[C@@H](CC2OCCO2)[C@@H](O)C[C@H]1P=O.C=C[C@H]1[C@H](O)CC(=O)[C@@H]1CC1OCCO1.C=C[C@H]1[C@H](P=O)CC(=O)[C@@H]1CC1OCCO1. The third-order valence-electron chi connectivity index (χ3n) is 24.7. The minimum absolute atomic E-state index is 0.000556. The molecule has 16 aliphatic rings. The highest BCUT2D eigenvalue weighted by molar-refractivity contribution is 7.25. The molecule has 16 fully saturated rings. The van der Waals surface area contributed by atoms with E-state index in [4.69, 9.17) is 75.8 Å². The molecule has 0 aromatic rings. The van der Waals surface area contributed by atoms with Crippen molar-refractivity contribution in [3.8, 4) is 0 Å². The average Bonchev–Trinajstić information content (AvgIpc) is 1.72. The highest BCUT2D eigenvalue weighted by Gasteiger charge is 2.48. The van der Waals surface area contributed by atoms with Crippen molar-refractivity contribution in [2.45, 2.75) is 199 Å². The average molecular weight is 1820 g/mol. The highest BCUT2D eigenvalue weighted by Crippen LogP contribution is 2.46. The highest BCUT2D eigenvalue weighted by atomic mass is 31.1. The number of hydrogen-bond donors (Lipinski definition) is 8. The fraction of sp³-hybridized carbons (Fsp3) is 0.682. The summed E-state index contributed by atoms with van der Waals surface area (Å²) in [6.07, 6.45) is 18.7. The quantitative estimate of drug-likeness (QED) is 0.0257. The lowest BCUT2D eigenvalue weighted by atomic mass is 9.90. The van der Waals surface area contributed by atoms with Crippen LogP contribution in [0.3, 0.4) is 0 Å². The number of Topliss-reactive ketones (excluding diaryl/α,β-unsaturated/α-hetero) is 4. The van der Waals surface area contributed by atoms with Crippen LogP contribution in [0.4, 0.5) is 0 Å². The summed E-state index contributed by atoms with van der Waals surface area (Å²) in [5.74, 6) is -0.896. The van der Waals surface area contributed by atoms with Gasteiger partial charge in [0.2, 0.25) is 0 Å². The first kappa shape index (κ1) is 103. The molecule has 0 aromatic carbocycles. The second-order valence-electron chi connectivity index (χ2n) is 32.1. The molecule has 24 atom stereocenters. The van der Waals surface area contributed by atoms with Crippen molar-refractivity contribution in [2.75, 3.05) is 106 Å². The summed E-state index contributed by atoms with van der Waals surface area (Å²) in [5.41, 5.74) is 2.35. The molecular weight excluding hydrogens is 1690 g/mol. The Morgan fingerprint density at radius 1 is 0.282 bits per heavy atom. The van der Waals surface area contributed by atoms with Gasteiger partial charge in [0.15, 0.2) is 95.7 Å². The summed E-state index contributed by atoms with van der Waals surface area (Å²) in [7, 11) is 0.174. The molecule has 32 nitrogen and oxygen atoms in total. The third kappa shape index (κ3) is 28.5. The summed E-state index contributed by atoms with van der Waals surface area (Å²) >= 11 is 0. The van der Waals surface area contributed by atoms with E-state index in [2.05, 4.69) is 52.6 Å². The van der Waals surface area contributed by atoms with E-state index in [1.54, 1.807) is 72.9 Å². The van der Waals surface area contributed by atoms with Crippen LogP contribution in [0.15, 0.2) is 148 Å². The molecule has 8 saturated heterocycles. The van der Waals surface area contributed by atoms with Crippen molar-refractivity contribution >= 4 is 57.0 Å². The molecule has 8 aliphatic heterocycles. The van der Waals surface area contributed by atoms with Crippen LogP contribution in [0.2, 0.25) is 0 Å². The maximum Gasteiger partial charge on any atom is 0.177 e. The van der Waals surface area contributed by atoms with Crippen molar-refractivity contribution in [2.24, 2.45) is 71.0 Å². The van der Waals surface area contributed by atoms with Gasteiger partial charge in [-0.15, -0.1) is 52.6 Å². The fourth-order valence-corrected chi connectivity index (χ4v) is 21.1. The first-order chi connectivity index (χ1) is 59.9. The van der Waals surface area contributed by atoms with Crippen LogP contribution in [0.5, 0.6) is 0 Å². The van der Waals surface area contributed by atoms with Crippen molar-refractivity contribution < 1.29 is 154 Å². The number of ketones is 4. The molecule has 16 rings (SSSR count). The number of carbonyl (C=O) groups is 4. The van der Waals surface area contributed by atoms with Gasteiger partial charge in [0.25, 0.3) is 0 Å². The summed E-state index contributed by atoms with van der Waals surface area (Å²) < 4.78 is 129. The number of allylic oxidation sites excluding steroid dienone is 5. The monoisotopic (exact) mass is 1820 g/mol. The molecule has 0 bridgehead atoms. The minimum atomic E-state index is -0.650. The van der Waals surface area contributed by atoms with E-state index in [-0.39, 0.29) is 201 Å². The van der Waals surface area contributed by atoms with Crippen molar-refractivity contribution in [1.29, 1.82) is 0 Å². The zero-order valence-corrected chi connectivity index (χ0v) is 73.6. The Bertz CT molecular complexity index is 3660. The normalized spacial score (nSPS) is 38.0. The molecule has 8 N–H and O–H groups in total. The van der Waals surface area contributed by atoms with E-state index in [0.717, 1.165) is 11.1 Å². The Labute approximate surface area is 730 Å². The van der Waals surface area contributed by atoms with E-state index >= 15 is 0 Å². The standard InChI is InChI=1S/C11H17O4P.2C11H15O4P.C11H13O4P.C11H18O4.2C11H16O4.C11H14O4/c4*1-2-7-8(5-11-14-3-4-15-11)9(12)6-10(7)16-13;4*1-2-7-8(10(13)6-9(7)12)5-11-14-3-4-15-11/h2,7-12H,1,3-6H2;2,7-8,10-11H,1,3-6H2;2,5,7,9-12H,1,3-4,6H2;2,5,7,10-11H,1,3-4,6H2;2,7-13H,1,3-6H2;2,7-9,11-12H,1,3-6H2;2,5,7,9-13H,1,3-4,6H2;2,5,7,9,11-12H,1,3-4,6H2/b;;2*8-5+;;;2*8-5+/t7-,8-,9+,10-;7-,8-,10-;7-,9+,10-;7-,10-;7-,8-,9-,10+;7-,8-,9-;7-,9-,10+;7-,9-/m11111111/s1. The molecule has 0 radical (unpaired) electrons. The predicted octanol–water partition coefficient (Wildman–Crippen LogP) is 8.06. The molecule has 0 aromatic heterocycles. The molecule has 688 valence electrons. The first-order valence-corrected chi connectivity index (χ1v) is 46.0. The van der Waals surface area contributed by atoms with Gasteiger partial charge in [0.05, 0.1) is 172 Å². The molecular formula is C88H124O32P4. The zero-order valence-electron chi connectivity index (χ0n) is 70.0. The van der Waals surface area contributed by atoms with Gasteiger partial charge in [-0.25, -0.2) is 0 Å². The molecule has 8 aliphatic carbocycles. The van der Waals surface area contributed by atoms with E-state index in [9.17, 15) is 78.3 Å². The Balaban J connectivity index is 0.000000161. The van der Waals surface area contributed by atoms with Gasteiger partial charge in [-0.2, -0.15) is 0 Å². The Morgan fingerprint density at radius 3 is 1.06 bits per heavy atom. The number of aliphatic hydroxyl groups is 8. The van der Waals surface area contributed by atoms with Crippen LogP contribution in [0.25, 0.3) is 0 Å². The molecule has 8 heterocycles. The van der Waals surface area contributed by atoms with Gasteiger partial charge in [-0.3, -0.25) is 37.4 Å². The largest absolute Gasteiger partial charge is 0.393 e. The zero-order chi connectivity index (χ0) is 89.5. The first-order valence-electron chi connectivity index (χ1n) is 42.5. The van der Waals surface area contributed by atoms with Crippen molar-refractivity contribution in [1.82, 2.24) is 0 Å². The maximum atomic E-state index is 11.8. The van der Waals surface area contributed by atoms with E-state index in [0.29, 0.717) is 181 Å². The maximum absolute atomic E-state index is 11.8. The molecule has 36 heteroatoms. The van der Waals surface area contributed by atoms with Crippen LogP contribution < -0.4 is 0 Å². The molecule has 124 heavy (non-hydrogen) atoms. The molecule has 8 saturated carbocycles. The van der Waals surface area contributed by atoms with Crippen molar-refractivity contribution in [3.05, 3.63) is 148 Å². The minimum Gasteiger partial charge on any atom is -0.393 e. The summed E-state index contributed by atoms with van der Waals surface area (Å²) in [6.45, 7) is 38.9. The molecule has 0 unspecified atom stereocenters. The Morgan fingerprint density at radius 2 is 0.637 bits per heavy atom. The van der Waals surface area contributed by atoms with E-state index < -0.39 is 61.4 Å². The van der Waals surface area contributed by atoms with Gasteiger partial charge in [-0.05, 0) is 66.0 Å². The third-order valence-corrected chi connectivity index (χ3v) is 27.9. The van der Waals surface area contributed by atoms with Gasteiger partial charge in [0.1, 0.15) is 11.6 Å². The van der Waals surface area contributed by atoms with E-state index in [1.807, 2.05) is 0 Å². The predicted molar refractivity (Wildman–Crippen MR) is 450 cm³/mol. The molecule has 0 spiro atoms. The summed E-state index contributed by atoms with van der Waals surface area (Å²) in [5, 5.41) is 77.9. The van der Waals surface area contributed by atoms with Crippen LogP contribution in [0.1, 0.15) is 77.0 Å². The second kappa shape index (κ2) is 52.7. The van der Waals surface area contributed by atoms with Gasteiger partial charge < -0.3 is 117 Å². The van der Waals surface area contributed by atoms with Gasteiger partial charge in [-0.1, -0.05) is 48.6 Å². The lowest BCUT2D eigenvalue weighted by Crippen LogP contribution is -2.25. The second-order valence-corrected chi connectivity index (χ2v) is 35.6. The fourth-order valence-electron chi connectivity index (χ4n) is 18.2. The summed E-state index contributed by atoms with van der Waals surface area (Å²) in [6, 6.07) is 0. The Hall–Kier alpha value is -5.00. The van der Waals surface area contributed by atoms with Gasteiger partial charge in [0, 0.05) is 134 Å². The number of ether oxygens (including phenoxy) is 16. The summed E-state index contributed by atoms with van der Waals surface area (Å²) in [4.78, 5) is 46.7. The smallest absolute Gasteiger partial charge is 0.177 e. The topological polar surface area (TPSA) is 446 Å². The Kier molecular flexibility index (Phi) is 43.7. The van der Waals surface area contributed by atoms with Crippen LogP contribution in [-0.2, 0) is 113 Å². The number of hydrogen-bond acceptors (Lipinski definition) is 32. The lowest BCUT2D eigenvalue weighted by Gasteiger charge is -2.22. The number of rotatable bonds is 24.